The van der Waals surface area contributed by atoms with Crippen molar-refractivity contribution in [1.82, 2.24) is 10.3 Å². The Labute approximate surface area is 289 Å². The Morgan fingerprint density at radius 1 is 0.440 bits per heavy atom. The molecule has 0 spiro atoms. The van der Waals surface area contributed by atoms with Gasteiger partial charge >= 0.3 is 0 Å². The Hall–Kier alpha value is -6.58. The van der Waals surface area contributed by atoms with E-state index in [1.165, 1.54) is 59.6 Å². The molecule has 0 unspecified atom stereocenters. The van der Waals surface area contributed by atoms with Crippen molar-refractivity contribution in [3.05, 3.63) is 193 Å². The smallest absolute Gasteiger partial charge is 0.133 e. The average Bonchev–Trinajstić information content (AvgIpc) is 3.20. The molecular formula is C47H31N3. The summed E-state index contributed by atoms with van der Waals surface area (Å²) in [5.74, 6) is 0.847. The zero-order valence-electron chi connectivity index (χ0n) is 27.2. The third-order valence-corrected chi connectivity index (χ3v) is 10.1. The Balaban J connectivity index is 1.17. The number of aromatic nitrogens is 1. The van der Waals surface area contributed by atoms with Crippen molar-refractivity contribution in [2.24, 2.45) is 4.99 Å². The molecule has 1 aliphatic rings. The van der Waals surface area contributed by atoms with Gasteiger partial charge in [0, 0.05) is 34.0 Å². The fourth-order valence-corrected chi connectivity index (χ4v) is 7.74. The number of hydrogen-bond donors (Lipinski definition) is 1. The monoisotopic (exact) mass is 637 g/mol. The van der Waals surface area contributed by atoms with Crippen LogP contribution < -0.4 is 5.32 Å². The summed E-state index contributed by atoms with van der Waals surface area (Å²) in [6, 6.07) is 58.4. The van der Waals surface area contributed by atoms with Crippen LogP contribution in [0.25, 0.3) is 70.8 Å². The van der Waals surface area contributed by atoms with E-state index in [4.69, 9.17) is 9.98 Å². The highest BCUT2D eigenvalue weighted by molar-refractivity contribution is 6.15. The minimum absolute atomic E-state index is 0.208. The second-order valence-electron chi connectivity index (χ2n) is 13.0. The Bertz CT molecular complexity index is 2840. The summed E-state index contributed by atoms with van der Waals surface area (Å²) in [5, 5.41) is 16.0. The van der Waals surface area contributed by atoms with Gasteiger partial charge in [0.2, 0.25) is 0 Å². The van der Waals surface area contributed by atoms with Gasteiger partial charge < -0.3 is 5.32 Å². The molecular weight excluding hydrogens is 607 g/mol. The second-order valence-corrected chi connectivity index (χ2v) is 13.0. The first-order valence-corrected chi connectivity index (χ1v) is 17.1. The summed E-state index contributed by atoms with van der Waals surface area (Å²) < 4.78 is 0. The molecule has 8 aromatic carbocycles. The van der Waals surface area contributed by atoms with Gasteiger partial charge in [-0.3, -0.25) is 9.98 Å². The van der Waals surface area contributed by atoms with Gasteiger partial charge in [0.25, 0.3) is 0 Å². The molecule has 234 valence electrons. The maximum atomic E-state index is 5.46. The molecule has 0 radical (unpaired) electrons. The quantitative estimate of drug-likeness (QED) is 0.195. The molecule has 3 nitrogen and oxygen atoms in total. The summed E-state index contributed by atoms with van der Waals surface area (Å²) >= 11 is 0. The van der Waals surface area contributed by atoms with Gasteiger partial charge in [0.05, 0.1) is 11.7 Å². The van der Waals surface area contributed by atoms with E-state index in [1.807, 2.05) is 6.20 Å². The highest BCUT2D eigenvalue weighted by atomic mass is 15.0. The highest BCUT2D eigenvalue weighted by Gasteiger charge is 2.23. The van der Waals surface area contributed by atoms with E-state index < -0.39 is 0 Å². The molecule has 10 rings (SSSR count). The minimum atomic E-state index is -0.208. The van der Waals surface area contributed by atoms with Gasteiger partial charge in [0.1, 0.15) is 5.84 Å². The van der Waals surface area contributed by atoms with Crippen molar-refractivity contribution < 1.29 is 0 Å². The number of benzene rings is 8. The first kappa shape index (κ1) is 28.4. The summed E-state index contributed by atoms with van der Waals surface area (Å²) in [6.45, 7) is 0. The van der Waals surface area contributed by atoms with Gasteiger partial charge in [-0.1, -0.05) is 146 Å². The fourth-order valence-electron chi connectivity index (χ4n) is 7.74. The van der Waals surface area contributed by atoms with E-state index in [2.05, 4.69) is 175 Å². The van der Waals surface area contributed by atoms with Crippen molar-refractivity contribution in [3.63, 3.8) is 0 Å². The zero-order chi connectivity index (χ0) is 33.0. The molecule has 9 aromatic rings. The maximum absolute atomic E-state index is 5.46. The number of rotatable bonds is 4. The van der Waals surface area contributed by atoms with Gasteiger partial charge in [-0.05, 0) is 78.3 Å². The normalized spacial score (nSPS) is 14.6. The van der Waals surface area contributed by atoms with E-state index in [9.17, 15) is 0 Å². The number of pyridine rings is 1. The summed E-state index contributed by atoms with van der Waals surface area (Å²) in [5.41, 5.74) is 6.50. The van der Waals surface area contributed by atoms with Crippen LogP contribution in [0.5, 0.6) is 0 Å². The first-order valence-electron chi connectivity index (χ1n) is 17.1. The largest absolute Gasteiger partial charge is 0.340 e. The third kappa shape index (κ3) is 4.67. The standard InChI is InChI=1S/C47H31N3/c1-6-16-37-30(11-1)25-26-48-46(37)31-21-23-32(24-22-31)47-49-44(42-27-33-12-2-4-14-35(33)38-17-7-9-19-40(38)42)29-45(50-47)43-28-34-13-3-5-15-36(34)39-18-8-10-20-41(39)43/h1-29,44H,(H,49,50)/t44-/m0/s1. The molecule has 1 aromatic heterocycles. The number of nitrogens with one attached hydrogen (secondary N) is 1. The lowest BCUT2D eigenvalue weighted by molar-refractivity contribution is 0.891. The van der Waals surface area contributed by atoms with Crippen molar-refractivity contribution in [2.45, 2.75) is 6.04 Å². The first-order chi connectivity index (χ1) is 24.8. The predicted molar refractivity (Wildman–Crippen MR) is 210 cm³/mol. The van der Waals surface area contributed by atoms with Crippen molar-refractivity contribution in [1.29, 1.82) is 0 Å². The number of nitrogens with zero attached hydrogens (tertiary/aromatic N) is 2. The van der Waals surface area contributed by atoms with Crippen LogP contribution in [0.2, 0.25) is 0 Å². The summed E-state index contributed by atoms with van der Waals surface area (Å²) in [7, 11) is 0. The van der Waals surface area contributed by atoms with Crippen LogP contribution in [0, 0.1) is 0 Å². The van der Waals surface area contributed by atoms with Crippen molar-refractivity contribution in [3.8, 4) is 11.3 Å². The number of aliphatic imine (C=N–C) groups is 1. The van der Waals surface area contributed by atoms with Crippen LogP contribution in [-0.4, -0.2) is 10.8 Å². The van der Waals surface area contributed by atoms with Gasteiger partial charge in [0.15, 0.2) is 0 Å². The molecule has 1 aliphatic heterocycles. The van der Waals surface area contributed by atoms with Crippen molar-refractivity contribution in [2.75, 3.05) is 0 Å². The minimum Gasteiger partial charge on any atom is -0.340 e. The summed E-state index contributed by atoms with van der Waals surface area (Å²) in [6.07, 6.45) is 4.20. The summed E-state index contributed by atoms with van der Waals surface area (Å²) in [4.78, 5) is 10.2. The second kappa shape index (κ2) is 11.5. The molecule has 0 saturated carbocycles. The number of fused-ring (bicyclic) bond motifs is 7. The molecule has 0 saturated heterocycles. The van der Waals surface area contributed by atoms with Crippen LogP contribution in [0.4, 0.5) is 0 Å². The number of hydrogen-bond acceptors (Lipinski definition) is 3. The molecule has 0 amide bonds. The van der Waals surface area contributed by atoms with E-state index in [1.54, 1.807) is 0 Å². The van der Waals surface area contributed by atoms with Crippen LogP contribution in [-0.2, 0) is 0 Å². The lowest BCUT2D eigenvalue weighted by Crippen LogP contribution is -2.27. The van der Waals surface area contributed by atoms with Crippen LogP contribution in [0.1, 0.15) is 22.7 Å². The molecule has 3 heteroatoms. The Kier molecular flexibility index (Phi) is 6.56. The van der Waals surface area contributed by atoms with Gasteiger partial charge in [-0.15, -0.1) is 0 Å². The number of amidine groups is 1. The molecule has 0 fully saturated rings. The average molecular weight is 638 g/mol. The third-order valence-electron chi connectivity index (χ3n) is 10.1. The van der Waals surface area contributed by atoms with E-state index in [-0.39, 0.29) is 6.04 Å². The molecule has 0 bridgehead atoms. The van der Waals surface area contributed by atoms with Crippen LogP contribution in [0.15, 0.2) is 181 Å². The Morgan fingerprint density at radius 3 is 1.70 bits per heavy atom. The van der Waals surface area contributed by atoms with Crippen molar-refractivity contribution >= 4 is 65.4 Å². The molecule has 0 aliphatic carbocycles. The Morgan fingerprint density at radius 2 is 0.980 bits per heavy atom. The zero-order valence-corrected chi connectivity index (χ0v) is 27.2. The van der Waals surface area contributed by atoms with E-state index in [0.29, 0.717) is 0 Å². The lowest BCUT2D eigenvalue weighted by Gasteiger charge is -2.25. The van der Waals surface area contributed by atoms with Crippen LogP contribution >= 0.6 is 0 Å². The predicted octanol–water partition coefficient (Wildman–Crippen LogP) is 11.6. The molecule has 1 atom stereocenters. The molecule has 50 heavy (non-hydrogen) atoms. The SMILES string of the molecule is C1=C(c2cc3ccccc3c3ccccc23)NC(c2ccc(-c3nccc4ccccc34)cc2)=N[C@@H]1c1cc2ccccc2c2ccccc12. The fraction of sp³-hybridized carbons (Fsp3) is 0.0213. The molecule has 1 N–H and O–H groups in total. The lowest BCUT2D eigenvalue weighted by atomic mass is 9.90. The van der Waals surface area contributed by atoms with E-state index in [0.717, 1.165) is 33.7 Å². The van der Waals surface area contributed by atoms with Crippen LogP contribution in [0.3, 0.4) is 0 Å². The van der Waals surface area contributed by atoms with Gasteiger partial charge in [-0.25, -0.2) is 0 Å². The van der Waals surface area contributed by atoms with E-state index >= 15 is 0 Å². The highest BCUT2D eigenvalue weighted by Crippen LogP contribution is 2.39. The topological polar surface area (TPSA) is 37.3 Å². The maximum Gasteiger partial charge on any atom is 0.133 e. The molecule has 2 heterocycles. The van der Waals surface area contributed by atoms with Gasteiger partial charge in [-0.2, -0.15) is 0 Å².